The van der Waals surface area contributed by atoms with Gasteiger partial charge in [0.1, 0.15) is 5.82 Å². The Hall–Kier alpha value is -2.47. The lowest BCUT2D eigenvalue weighted by Gasteiger charge is -2.07. The van der Waals surface area contributed by atoms with Crippen molar-refractivity contribution >= 4 is 16.5 Å². The molecule has 1 heterocycles. The minimum atomic E-state index is -0.854. The van der Waals surface area contributed by atoms with Crippen LogP contribution in [0.15, 0.2) is 60.8 Å². The van der Waals surface area contributed by atoms with Gasteiger partial charge in [-0.25, -0.2) is 9.07 Å². The summed E-state index contributed by atoms with van der Waals surface area (Å²) in [6.07, 6.45) is 3.54. The van der Waals surface area contributed by atoms with Gasteiger partial charge in [-0.05, 0) is 48.0 Å². The molecule has 0 aliphatic rings. The number of halogens is 1. The molecule has 0 radical (unpaired) electrons. The van der Waals surface area contributed by atoms with E-state index in [-0.39, 0.29) is 5.82 Å². The summed E-state index contributed by atoms with van der Waals surface area (Å²) in [6.45, 7) is 0.576. The maximum Gasteiger partial charge on any atom is 0.123 e. The van der Waals surface area contributed by atoms with Crippen molar-refractivity contribution in [2.75, 3.05) is 11.6 Å². The SMILES string of the molecule is C[S@@](=O)Cc1cccc(NCc2ccn(-c3ccc(F)cc3)n2)c1. The number of nitrogens with one attached hydrogen (secondary N) is 1. The number of aromatic nitrogens is 2. The normalized spacial score (nSPS) is 12.1. The summed E-state index contributed by atoms with van der Waals surface area (Å²) in [6, 6.07) is 16.0. The first-order chi connectivity index (χ1) is 11.6. The number of benzene rings is 2. The lowest BCUT2D eigenvalue weighted by atomic mass is 10.2. The molecule has 124 valence electrons. The maximum absolute atomic E-state index is 13.0. The van der Waals surface area contributed by atoms with Crippen LogP contribution in [0.4, 0.5) is 10.1 Å². The molecule has 0 fully saturated rings. The summed E-state index contributed by atoms with van der Waals surface area (Å²) < 4.78 is 26.0. The van der Waals surface area contributed by atoms with Crippen molar-refractivity contribution in [3.8, 4) is 5.69 Å². The van der Waals surface area contributed by atoms with Gasteiger partial charge < -0.3 is 5.32 Å². The molecule has 0 amide bonds. The van der Waals surface area contributed by atoms with E-state index in [1.54, 1.807) is 23.1 Å². The fourth-order valence-electron chi connectivity index (χ4n) is 2.39. The predicted molar refractivity (Wildman–Crippen MR) is 95.1 cm³/mol. The molecular weight excluding hydrogens is 325 g/mol. The van der Waals surface area contributed by atoms with Crippen LogP contribution in [0.5, 0.6) is 0 Å². The third-order valence-electron chi connectivity index (χ3n) is 3.51. The summed E-state index contributed by atoms with van der Waals surface area (Å²) in [5.41, 5.74) is 3.70. The van der Waals surface area contributed by atoms with Gasteiger partial charge in [-0.15, -0.1) is 0 Å². The first-order valence-electron chi connectivity index (χ1n) is 7.53. The van der Waals surface area contributed by atoms with E-state index in [2.05, 4.69) is 10.4 Å². The highest BCUT2D eigenvalue weighted by atomic mass is 32.2. The van der Waals surface area contributed by atoms with Gasteiger partial charge in [0, 0.05) is 34.7 Å². The predicted octanol–water partition coefficient (Wildman–Crippen LogP) is 3.50. The smallest absolute Gasteiger partial charge is 0.123 e. The quantitative estimate of drug-likeness (QED) is 0.745. The number of rotatable bonds is 6. The van der Waals surface area contributed by atoms with E-state index < -0.39 is 10.8 Å². The van der Waals surface area contributed by atoms with Gasteiger partial charge >= 0.3 is 0 Å². The van der Waals surface area contributed by atoms with E-state index in [9.17, 15) is 8.60 Å². The minimum Gasteiger partial charge on any atom is -0.379 e. The van der Waals surface area contributed by atoms with Gasteiger partial charge in [0.05, 0.1) is 17.9 Å². The summed E-state index contributed by atoms with van der Waals surface area (Å²) in [5, 5.41) is 7.79. The monoisotopic (exact) mass is 343 g/mol. The summed E-state index contributed by atoms with van der Waals surface area (Å²) in [5.74, 6) is 0.287. The van der Waals surface area contributed by atoms with E-state index in [1.165, 1.54) is 12.1 Å². The standard InChI is InChI=1S/C18H18FN3OS/c1-24(23)13-14-3-2-4-16(11-14)20-12-17-9-10-22(21-17)18-7-5-15(19)6-8-18/h2-11,20H,12-13H2,1H3/t24-/m1/s1. The van der Waals surface area contributed by atoms with Crippen LogP contribution >= 0.6 is 0 Å². The molecule has 24 heavy (non-hydrogen) atoms. The number of hydrogen-bond acceptors (Lipinski definition) is 3. The van der Waals surface area contributed by atoms with Crippen LogP contribution in [-0.4, -0.2) is 20.2 Å². The molecule has 0 aliphatic carbocycles. The van der Waals surface area contributed by atoms with Gasteiger partial charge in [0.2, 0.25) is 0 Å². The second kappa shape index (κ2) is 7.40. The minimum absolute atomic E-state index is 0.263. The molecule has 1 N–H and O–H groups in total. The molecule has 0 saturated carbocycles. The van der Waals surface area contributed by atoms with E-state index in [4.69, 9.17) is 0 Å². The average Bonchev–Trinajstić information content (AvgIpc) is 3.02. The van der Waals surface area contributed by atoms with Crippen molar-refractivity contribution in [2.45, 2.75) is 12.3 Å². The molecule has 3 rings (SSSR count). The molecule has 0 saturated heterocycles. The molecule has 0 spiro atoms. The summed E-state index contributed by atoms with van der Waals surface area (Å²) in [7, 11) is -0.854. The zero-order valence-corrected chi connectivity index (χ0v) is 14.1. The first-order valence-corrected chi connectivity index (χ1v) is 9.26. The Balaban J connectivity index is 1.65. The summed E-state index contributed by atoms with van der Waals surface area (Å²) in [4.78, 5) is 0. The molecule has 0 bridgehead atoms. The molecule has 2 aromatic carbocycles. The highest BCUT2D eigenvalue weighted by molar-refractivity contribution is 7.83. The molecule has 0 aliphatic heterocycles. The lowest BCUT2D eigenvalue weighted by molar-refractivity contribution is 0.627. The Bertz CT molecular complexity index is 845. The van der Waals surface area contributed by atoms with Crippen molar-refractivity contribution in [2.24, 2.45) is 0 Å². The van der Waals surface area contributed by atoms with Crippen molar-refractivity contribution in [3.63, 3.8) is 0 Å². The van der Waals surface area contributed by atoms with Crippen LogP contribution in [0.2, 0.25) is 0 Å². The van der Waals surface area contributed by atoms with Crippen molar-refractivity contribution in [1.82, 2.24) is 9.78 Å². The third kappa shape index (κ3) is 4.29. The van der Waals surface area contributed by atoms with Crippen LogP contribution in [0, 0.1) is 5.82 Å². The molecule has 4 nitrogen and oxygen atoms in total. The average molecular weight is 343 g/mol. The molecule has 6 heteroatoms. The second-order valence-electron chi connectivity index (χ2n) is 5.50. The number of anilines is 1. The van der Waals surface area contributed by atoms with E-state index in [0.717, 1.165) is 22.6 Å². The zero-order chi connectivity index (χ0) is 16.9. The topological polar surface area (TPSA) is 46.9 Å². The molecule has 3 aromatic rings. The Kier molecular flexibility index (Phi) is 5.05. The lowest BCUT2D eigenvalue weighted by Crippen LogP contribution is -2.03. The molecule has 0 unspecified atom stereocenters. The Morgan fingerprint density at radius 3 is 2.71 bits per heavy atom. The fourth-order valence-corrected chi connectivity index (χ4v) is 3.04. The van der Waals surface area contributed by atoms with Crippen molar-refractivity contribution in [1.29, 1.82) is 0 Å². The highest BCUT2D eigenvalue weighted by Gasteiger charge is 2.03. The first kappa shape index (κ1) is 16.4. The molecular formula is C18H18FN3OS. The highest BCUT2D eigenvalue weighted by Crippen LogP contribution is 2.14. The molecule has 1 aromatic heterocycles. The van der Waals surface area contributed by atoms with Crippen LogP contribution in [0.1, 0.15) is 11.3 Å². The largest absolute Gasteiger partial charge is 0.379 e. The Morgan fingerprint density at radius 2 is 1.96 bits per heavy atom. The van der Waals surface area contributed by atoms with E-state index >= 15 is 0 Å². The Morgan fingerprint density at radius 1 is 1.17 bits per heavy atom. The van der Waals surface area contributed by atoms with Gasteiger partial charge in [-0.3, -0.25) is 4.21 Å². The molecule has 1 atom stereocenters. The van der Waals surface area contributed by atoms with E-state index in [1.807, 2.05) is 36.5 Å². The van der Waals surface area contributed by atoms with Gasteiger partial charge in [0.15, 0.2) is 0 Å². The van der Waals surface area contributed by atoms with Gasteiger partial charge in [0.25, 0.3) is 0 Å². The van der Waals surface area contributed by atoms with Crippen LogP contribution in [-0.2, 0) is 23.1 Å². The van der Waals surface area contributed by atoms with Gasteiger partial charge in [-0.1, -0.05) is 12.1 Å². The second-order valence-corrected chi connectivity index (χ2v) is 6.93. The number of hydrogen-bond donors (Lipinski definition) is 1. The Labute approximate surface area is 142 Å². The van der Waals surface area contributed by atoms with Crippen molar-refractivity contribution in [3.05, 3.63) is 77.9 Å². The summed E-state index contributed by atoms with van der Waals surface area (Å²) >= 11 is 0. The number of nitrogens with zero attached hydrogens (tertiary/aromatic N) is 2. The van der Waals surface area contributed by atoms with Gasteiger partial charge in [-0.2, -0.15) is 5.10 Å². The van der Waals surface area contributed by atoms with Crippen LogP contribution in [0.25, 0.3) is 5.69 Å². The van der Waals surface area contributed by atoms with Crippen LogP contribution in [0.3, 0.4) is 0 Å². The van der Waals surface area contributed by atoms with Crippen LogP contribution < -0.4 is 5.32 Å². The fraction of sp³-hybridized carbons (Fsp3) is 0.167. The third-order valence-corrected chi connectivity index (χ3v) is 4.25. The van der Waals surface area contributed by atoms with E-state index in [0.29, 0.717) is 12.3 Å². The van der Waals surface area contributed by atoms with Crippen molar-refractivity contribution < 1.29 is 8.60 Å². The maximum atomic E-state index is 13.0. The zero-order valence-electron chi connectivity index (χ0n) is 13.3.